The second kappa shape index (κ2) is 5.88. The molecule has 3 atom stereocenters. The molecule has 1 heterocycles. The Morgan fingerprint density at radius 3 is 2.90 bits per heavy atom. The summed E-state index contributed by atoms with van der Waals surface area (Å²) in [7, 11) is 0. The summed E-state index contributed by atoms with van der Waals surface area (Å²) in [5.41, 5.74) is 3.11. The number of carbonyl (C=O) groups is 1. The van der Waals surface area contributed by atoms with Crippen molar-refractivity contribution in [3.63, 3.8) is 0 Å². The van der Waals surface area contributed by atoms with Crippen LogP contribution in [0, 0.1) is 5.92 Å². The Labute approximate surface area is 122 Å². The first-order valence-corrected chi connectivity index (χ1v) is 8.31. The fraction of sp³-hybridized carbons (Fsp3) is 0.824. The van der Waals surface area contributed by atoms with Crippen molar-refractivity contribution in [3.8, 4) is 0 Å². The smallest absolute Gasteiger partial charge is 0.303 e. The quantitative estimate of drug-likeness (QED) is 0.573. The van der Waals surface area contributed by atoms with Crippen LogP contribution in [0.1, 0.15) is 58.8 Å². The molecule has 0 amide bonds. The van der Waals surface area contributed by atoms with E-state index in [0.717, 1.165) is 18.4 Å². The molecule has 0 aromatic rings. The first kappa shape index (κ1) is 14.1. The monoisotopic (exact) mass is 277 g/mol. The van der Waals surface area contributed by atoms with Crippen LogP contribution in [0.4, 0.5) is 0 Å². The number of nitrogens with zero attached hydrogens (tertiary/aromatic N) is 1. The first-order valence-electron chi connectivity index (χ1n) is 8.31. The molecule has 0 spiro atoms. The van der Waals surface area contributed by atoms with Gasteiger partial charge in [-0.3, -0.25) is 4.79 Å². The highest BCUT2D eigenvalue weighted by atomic mass is 16.5. The predicted molar refractivity (Wildman–Crippen MR) is 79.4 cm³/mol. The number of fused-ring (bicyclic) bond motifs is 1. The van der Waals surface area contributed by atoms with Gasteiger partial charge in [0.2, 0.25) is 0 Å². The Hall–Kier alpha value is -0.830. The Kier molecular flexibility index (Phi) is 4.16. The Morgan fingerprint density at radius 2 is 2.15 bits per heavy atom. The van der Waals surface area contributed by atoms with E-state index in [1.165, 1.54) is 57.2 Å². The van der Waals surface area contributed by atoms with Gasteiger partial charge in [0.25, 0.3) is 0 Å². The molecule has 1 fully saturated rings. The molecule has 1 aliphatic heterocycles. The lowest BCUT2D eigenvalue weighted by Gasteiger charge is -2.47. The Bertz CT molecular complexity index is 415. The lowest BCUT2D eigenvalue weighted by Crippen LogP contribution is -2.48. The second-order valence-electron chi connectivity index (χ2n) is 6.63. The molecule has 3 nitrogen and oxygen atoms in total. The summed E-state index contributed by atoms with van der Waals surface area (Å²) in [4.78, 5) is 14.0. The van der Waals surface area contributed by atoms with Crippen LogP contribution in [-0.4, -0.2) is 36.1 Å². The third-order valence-electron chi connectivity index (χ3n) is 5.47. The standard InChI is InChI=1S/C17H27NO2/c1-3-18-9-5-7-14-10-15-13(11-16(14)18)6-4-8-17(15)20-12(2)19/h14,16-17H,3-11H2,1-2H3/t14-,16-,17?/m1/s1. The largest absolute Gasteiger partial charge is 0.458 e. The molecule has 0 saturated carbocycles. The van der Waals surface area contributed by atoms with Crippen molar-refractivity contribution in [1.82, 2.24) is 4.90 Å². The minimum atomic E-state index is -0.121. The summed E-state index contributed by atoms with van der Waals surface area (Å²) >= 11 is 0. The average Bonchev–Trinajstić information content (AvgIpc) is 2.44. The molecule has 2 aliphatic carbocycles. The molecule has 3 rings (SSSR count). The number of hydrogen-bond acceptors (Lipinski definition) is 3. The molecule has 1 unspecified atom stereocenters. The van der Waals surface area contributed by atoms with Gasteiger partial charge in [0.1, 0.15) is 6.10 Å². The maximum Gasteiger partial charge on any atom is 0.303 e. The van der Waals surface area contributed by atoms with Crippen LogP contribution in [0.3, 0.4) is 0 Å². The van der Waals surface area contributed by atoms with Crippen molar-refractivity contribution in [3.05, 3.63) is 11.1 Å². The number of esters is 1. The molecule has 3 heteroatoms. The van der Waals surface area contributed by atoms with E-state index < -0.39 is 0 Å². The summed E-state index contributed by atoms with van der Waals surface area (Å²) in [6.45, 7) is 6.28. The van der Waals surface area contributed by atoms with Gasteiger partial charge in [-0.15, -0.1) is 0 Å². The molecule has 0 N–H and O–H groups in total. The van der Waals surface area contributed by atoms with E-state index >= 15 is 0 Å². The topological polar surface area (TPSA) is 29.5 Å². The number of rotatable bonds is 2. The molecule has 20 heavy (non-hydrogen) atoms. The highest BCUT2D eigenvalue weighted by Crippen LogP contribution is 2.44. The second-order valence-corrected chi connectivity index (χ2v) is 6.63. The van der Waals surface area contributed by atoms with E-state index in [0.29, 0.717) is 0 Å². The van der Waals surface area contributed by atoms with Crippen molar-refractivity contribution in [2.24, 2.45) is 5.92 Å². The van der Waals surface area contributed by atoms with E-state index in [1.54, 1.807) is 12.5 Å². The molecule has 0 aromatic carbocycles. The molecular weight excluding hydrogens is 250 g/mol. The normalized spacial score (nSPS) is 34.4. The summed E-state index contributed by atoms with van der Waals surface area (Å²) < 4.78 is 5.58. The zero-order chi connectivity index (χ0) is 14.1. The van der Waals surface area contributed by atoms with Gasteiger partial charge in [-0.1, -0.05) is 12.5 Å². The lowest BCUT2D eigenvalue weighted by molar-refractivity contribution is -0.145. The minimum absolute atomic E-state index is 0.0919. The Morgan fingerprint density at radius 1 is 1.30 bits per heavy atom. The highest BCUT2D eigenvalue weighted by molar-refractivity contribution is 5.66. The van der Waals surface area contributed by atoms with Crippen LogP contribution < -0.4 is 0 Å². The van der Waals surface area contributed by atoms with Crippen LogP contribution in [-0.2, 0) is 9.53 Å². The average molecular weight is 277 g/mol. The van der Waals surface area contributed by atoms with E-state index in [2.05, 4.69) is 11.8 Å². The predicted octanol–water partition coefficient (Wildman–Crippen LogP) is 3.29. The molecular formula is C17H27NO2. The number of ether oxygens (including phenoxy) is 1. The van der Waals surface area contributed by atoms with Gasteiger partial charge in [0.05, 0.1) is 0 Å². The van der Waals surface area contributed by atoms with Crippen molar-refractivity contribution in [2.75, 3.05) is 13.1 Å². The summed E-state index contributed by atoms with van der Waals surface area (Å²) in [5, 5.41) is 0. The molecule has 0 bridgehead atoms. The zero-order valence-corrected chi connectivity index (χ0v) is 12.9. The van der Waals surface area contributed by atoms with Gasteiger partial charge in [0.15, 0.2) is 0 Å². The van der Waals surface area contributed by atoms with E-state index in [9.17, 15) is 4.79 Å². The molecule has 1 saturated heterocycles. The van der Waals surface area contributed by atoms with Gasteiger partial charge in [-0.25, -0.2) is 0 Å². The summed E-state index contributed by atoms with van der Waals surface area (Å²) in [6.07, 6.45) is 8.62. The van der Waals surface area contributed by atoms with Gasteiger partial charge in [-0.2, -0.15) is 0 Å². The van der Waals surface area contributed by atoms with Crippen LogP contribution >= 0.6 is 0 Å². The highest BCUT2D eigenvalue weighted by Gasteiger charge is 2.39. The maximum absolute atomic E-state index is 11.3. The summed E-state index contributed by atoms with van der Waals surface area (Å²) in [5.74, 6) is 0.670. The van der Waals surface area contributed by atoms with Crippen molar-refractivity contribution in [1.29, 1.82) is 0 Å². The van der Waals surface area contributed by atoms with E-state index in [4.69, 9.17) is 4.74 Å². The van der Waals surface area contributed by atoms with Crippen LogP contribution in [0.5, 0.6) is 0 Å². The number of hydrogen-bond donors (Lipinski definition) is 0. The molecule has 3 aliphatic rings. The third-order valence-corrected chi connectivity index (χ3v) is 5.47. The van der Waals surface area contributed by atoms with Crippen molar-refractivity contribution < 1.29 is 9.53 Å². The number of likely N-dealkylation sites (tertiary alicyclic amines) is 1. The fourth-order valence-corrected chi connectivity index (χ4v) is 4.58. The van der Waals surface area contributed by atoms with Crippen molar-refractivity contribution in [2.45, 2.75) is 70.9 Å². The maximum atomic E-state index is 11.3. The van der Waals surface area contributed by atoms with Gasteiger partial charge < -0.3 is 9.64 Å². The van der Waals surface area contributed by atoms with Gasteiger partial charge >= 0.3 is 5.97 Å². The third kappa shape index (κ3) is 2.65. The SMILES string of the molecule is CCN1CCC[C@@H]2CC3=C(CCCC3OC(C)=O)C[C@H]21. The number of piperidine rings is 1. The molecule has 0 aromatic heterocycles. The van der Waals surface area contributed by atoms with E-state index in [-0.39, 0.29) is 12.1 Å². The lowest BCUT2D eigenvalue weighted by atomic mass is 9.70. The zero-order valence-electron chi connectivity index (χ0n) is 12.9. The molecule has 112 valence electrons. The first-order chi connectivity index (χ1) is 9.69. The van der Waals surface area contributed by atoms with Crippen molar-refractivity contribution >= 4 is 5.97 Å². The number of carbonyl (C=O) groups excluding carboxylic acids is 1. The van der Waals surface area contributed by atoms with Crippen LogP contribution in [0.25, 0.3) is 0 Å². The van der Waals surface area contributed by atoms with Gasteiger partial charge in [-0.05, 0) is 69.5 Å². The fourth-order valence-electron chi connectivity index (χ4n) is 4.58. The van der Waals surface area contributed by atoms with Crippen LogP contribution in [0.2, 0.25) is 0 Å². The van der Waals surface area contributed by atoms with Gasteiger partial charge in [0, 0.05) is 13.0 Å². The van der Waals surface area contributed by atoms with Crippen LogP contribution in [0.15, 0.2) is 11.1 Å². The van der Waals surface area contributed by atoms with E-state index in [1.807, 2.05) is 0 Å². The molecule has 0 radical (unpaired) electrons. The minimum Gasteiger partial charge on any atom is -0.458 e. The summed E-state index contributed by atoms with van der Waals surface area (Å²) in [6, 6.07) is 0.753. The Balaban J connectivity index is 1.81.